The van der Waals surface area contributed by atoms with Crippen molar-refractivity contribution >= 4 is 22.2 Å². The van der Waals surface area contributed by atoms with Crippen molar-refractivity contribution in [1.29, 1.82) is 5.26 Å². The van der Waals surface area contributed by atoms with Crippen LogP contribution in [0.25, 0.3) is 0 Å². The van der Waals surface area contributed by atoms with Gasteiger partial charge in [0.1, 0.15) is 16.8 Å². The molecule has 0 fully saturated rings. The van der Waals surface area contributed by atoms with Gasteiger partial charge < -0.3 is 15.8 Å². The quantitative estimate of drug-likeness (QED) is 0.881. The summed E-state index contributed by atoms with van der Waals surface area (Å²) in [4.78, 5) is 11.7. The third-order valence-corrected chi connectivity index (χ3v) is 3.40. The van der Waals surface area contributed by atoms with Gasteiger partial charge in [-0.1, -0.05) is 12.1 Å². The van der Waals surface area contributed by atoms with Crippen LogP contribution in [0.15, 0.2) is 35.7 Å². The number of carbonyl (C=O) groups excluding carboxylic acids is 1. The predicted octanol–water partition coefficient (Wildman–Crippen LogP) is 2.10. The van der Waals surface area contributed by atoms with E-state index in [1.165, 1.54) is 11.3 Å². The van der Waals surface area contributed by atoms with Gasteiger partial charge >= 0.3 is 0 Å². The maximum absolute atomic E-state index is 11.7. The Bertz CT molecular complexity index is 629. The number of thiophene rings is 1. The minimum Gasteiger partial charge on any atom is -0.484 e. The van der Waals surface area contributed by atoms with Crippen molar-refractivity contribution in [3.05, 3.63) is 46.8 Å². The maximum Gasteiger partial charge on any atom is 0.262 e. The van der Waals surface area contributed by atoms with E-state index in [-0.39, 0.29) is 12.5 Å². The summed E-state index contributed by atoms with van der Waals surface area (Å²) < 4.78 is 5.36. The van der Waals surface area contributed by atoms with Crippen molar-refractivity contribution in [3.63, 3.8) is 0 Å². The highest BCUT2D eigenvalue weighted by molar-refractivity contribution is 7.14. The van der Waals surface area contributed by atoms with Crippen molar-refractivity contribution in [1.82, 2.24) is 0 Å². The molecule has 20 heavy (non-hydrogen) atoms. The number of nitrogens with one attached hydrogen (secondary N) is 1. The van der Waals surface area contributed by atoms with E-state index in [2.05, 4.69) is 5.32 Å². The third-order valence-electron chi connectivity index (χ3n) is 2.57. The molecule has 102 valence electrons. The molecule has 0 bridgehead atoms. The number of amides is 1. The standard InChI is InChI=1S/C14H13N3O2S/c15-7-10-1-3-12(4-2-10)19-9-13(18)17-14-11(8-16)5-6-20-14/h1-6H,7,9,15H2,(H,17,18). The zero-order chi connectivity index (χ0) is 14.4. The highest BCUT2D eigenvalue weighted by Gasteiger charge is 2.08. The molecule has 3 N–H and O–H groups in total. The maximum atomic E-state index is 11.7. The van der Waals surface area contributed by atoms with Gasteiger partial charge in [0.25, 0.3) is 5.91 Å². The molecule has 0 aliphatic heterocycles. The van der Waals surface area contributed by atoms with Gasteiger partial charge in [0.05, 0.1) is 5.56 Å². The van der Waals surface area contributed by atoms with Crippen LogP contribution >= 0.6 is 11.3 Å². The van der Waals surface area contributed by atoms with Crippen LogP contribution < -0.4 is 15.8 Å². The lowest BCUT2D eigenvalue weighted by Gasteiger charge is -2.07. The first-order valence-corrected chi connectivity index (χ1v) is 6.80. The number of hydrogen-bond acceptors (Lipinski definition) is 5. The van der Waals surface area contributed by atoms with Crippen molar-refractivity contribution in [3.8, 4) is 11.8 Å². The smallest absolute Gasteiger partial charge is 0.262 e. The summed E-state index contributed by atoms with van der Waals surface area (Å²) in [6.45, 7) is 0.362. The Morgan fingerprint density at radius 3 is 2.75 bits per heavy atom. The molecule has 0 atom stereocenters. The van der Waals surface area contributed by atoms with Crippen LogP contribution in [-0.4, -0.2) is 12.5 Å². The molecule has 0 saturated heterocycles. The Hall–Kier alpha value is -2.36. The Labute approximate surface area is 120 Å². The number of nitriles is 1. The first-order valence-electron chi connectivity index (χ1n) is 5.92. The minimum atomic E-state index is -0.299. The molecule has 0 saturated carbocycles. The average molecular weight is 287 g/mol. The van der Waals surface area contributed by atoms with E-state index in [9.17, 15) is 4.79 Å². The number of nitrogens with zero attached hydrogens (tertiary/aromatic N) is 1. The second kappa shape index (κ2) is 6.70. The minimum absolute atomic E-state index is 0.106. The van der Waals surface area contributed by atoms with E-state index in [1.54, 1.807) is 23.6 Å². The molecule has 2 aromatic rings. The summed E-state index contributed by atoms with van der Waals surface area (Å²) in [6, 6.07) is 10.9. The first kappa shape index (κ1) is 14.1. The highest BCUT2D eigenvalue weighted by atomic mass is 32.1. The molecule has 1 amide bonds. The van der Waals surface area contributed by atoms with Gasteiger partial charge in [-0.05, 0) is 29.1 Å². The predicted molar refractivity (Wildman–Crippen MR) is 77.5 cm³/mol. The molecule has 1 aromatic heterocycles. The van der Waals surface area contributed by atoms with E-state index in [1.807, 2.05) is 18.2 Å². The summed E-state index contributed by atoms with van der Waals surface area (Å²) in [5, 5.41) is 13.8. The van der Waals surface area contributed by atoms with Gasteiger partial charge in [-0.2, -0.15) is 5.26 Å². The monoisotopic (exact) mass is 287 g/mol. The van der Waals surface area contributed by atoms with Crippen LogP contribution in [0.4, 0.5) is 5.00 Å². The fourth-order valence-corrected chi connectivity index (χ4v) is 2.28. The molecule has 0 aliphatic rings. The third kappa shape index (κ3) is 3.57. The number of nitrogens with two attached hydrogens (primary N) is 1. The summed E-state index contributed by atoms with van der Waals surface area (Å²) in [7, 11) is 0. The zero-order valence-electron chi connectivity index (χ0n) is 10.6. The molecular formula is C14H13N3O2S. The van der Waals surface area contributed by atoms with Crippen LogP contribution in [0.5, 0.6) is 5.75 Å². The normalized spacial score (nSPS) is 9.80. The van der Waals surface area contributed by atoms with Crippen molar-refractivity contribution in [2.45, 2.75) is 6.54 Å². The van der Waals surface area contributed by atoms with Gasteiger partial charge in [-0.25, -0.2) is 0 Å². The van der Waals surface area contributed by atoms with Gasteiger partial charge in [-0.15, -0.1) is 11.3 Å². The van der Waals surface area contributed by atoms with E-state index >= 15 is 0 Å². The fraction of sp³-hybridized carbons (Fsp3) is 0.143. The Morgan fingerprint density at radius 1 is 1.35 bits per heavy atom. The lowest BCUT2D eigenvalue weighted by molar-refractivity contribution is -0.118. The topological polar surface area (TPSA) is 88.1 Å². The highest BCUT2D eigenvalue weighted by Crippen LogP contribution is 2.22. The number of benzene rings is 1. The van der Waals surface area contributed by atoms with Crippen molar-refractivity contribution in [2.24, 2.45) is 5.73 Å². The Kier molecular flexibility index (Phi) is 4.71. The molecule has 0 unspecified atom stereocenters. The molecule has 1 heterocycles. The SMILES string of the molecule is N#Cc1ccsc1NC(=O)COc1ccc(CN)cc1. The molecule has 0 spiro atoms. The largest absolute Gasteiger partial charge is 0.484 e. The Morgan fingerprint density at radius 2 is 2.10 bits per heavy atom. The molecule has 6 heteroatoms. The summed E-state index contributed by atoms with van der Waals surface area (Å²) in [5.41, 5.74) is 6.95. The van der Waals surface area contributed by atoms with Crippen molar-refractivity contribution in [2.75, 3.05) is 11.9 Å². The van der Waals surface area contributed by atoms with E-state index in [0.29, 0.717) is 22.9 Å². The average Bonchev–Trinajstić information content (AvgIpc) is 2.92. The summed E-state index contributed by atoms with van der Waals surface area (Å²) in [6.07, 6.45) is 0. The van der Waals surface area contributed by atoms with Gasteiger partial charge in [-0.3, -0.25) is 4.79 Å². The van der Waals surface area contributed by atoms with Crippen molar-refractivity contribution < 1.29 is 9.53 Å². The van der Waals surface area contributed by atoms with E-state index in [0.717, 1.165) is 5.56 Å². The van der Waals surface area contributed by atoms with Gasteiger partial charge in [0.2, 0.25) is 0 Å². The lowest BCUT2D eigenvalue weighted by Crippen LogP contribution is -2.20. The first-order chi connectivity index (χ1) is 9.72. The number of ether oxygens (including phenoxy) is 1. The number of carbonyl (C=O) groups is 1. The molecular weight excluding hydrogens is 274 g/mol. The van der Waals surface area contributed by atoms with E-state index in [4.69, 9.17) is 15.7 Å². The van der Waals surface area contributed by atoms with Gasteiger partial charge in [0, 0.05) is 6.54 Å². The molecule has 2 rings (SSSR count). The second-order valence-corrected chi connectivity index (χ2v) is 4.88. The summed E-state index contributed by atoms with van der Waals surface area (Å²) >= 11 is 1.31. The number of anilines is 1. The van der Waals surface area contributed by atoms with Crippen LogP contribution in [-0.2, 0) is 11.3 Å². The van der Waals surface area contributed by atoms with E-state index < -0.39 is 0 Å². The molecule has 0 radical (unpaired) electrons. The molecule has 1 aromatic carbocycles. The van der Waals surface area contributed by atoms with Crippen LogP contribution in [0.3, 0.4) is 0 Å². The Balaban J connectivity index is 1.87. The van der Waals surface area contributed by atoms with Gasteiger partial charge in [0.15, 0.2) is 6.61 Å². The number of hydrogen-bond donors (Lipinski definition) is 2. The second-order valence-electron chi connectivity index (χ2n) is 3.96. The van der Waals surface area contributed by atoms with Crippen LogP contribution in [0.2, 0.25) is 0 Å². The number of rotatable bonds is 5. The summed E-state index contributed by atoms with van der Waals surface area (Å²) in [5.74, 6) is 0.302. The van der Waals surface area contributed by atoms with Crippen LogP contribution in [0, 0.1) is 11.3 Å². The molecule has 5 nitrogen and oxygen atoms in total. The lowest BCUT2D eigenvalue weighted by atomic mass is 10.2. The van der Waals surface area contributed by atoms with Crippen LogP contribution in [0.1, 0.15) is 11.1 Å². The fourth-order valence-electron chi connectivity index (χ4n) is 1.53. The zero-order valence-corrected chi connectivity index (χ0v) is 11.4. The molecule has 0 aliphatic carbocycles.